The van der Waals surface area contributed by atoms with Crippen molar-refractivity contribution < 1.29 is 8.42 Å². The normalized spacial score (nSPS) is 13.1. The van der Waals surface area contributed by atoms with E-state index in [0.717, 1.165) is 12.8 Å². The lowest BCUT2D eigenvalue weighted by Crippen LogP contribution is -2.21. The third kappa shape index (κ3) is 4.48. The molecule has 0 aliphatic heterocycles. The van der Waals surface area contributed by atoms with Crippen LogP contribution < -0.4 is 0 Å². The Kier molecular flexibility index (Phi) is 6.31. The van der Waals surface area contributed by atoms with Crippen LogP contribution in [0.3, 0.4) is 0 Å². The molecule has 0 heterocycles. The van der Waals surface area contributed by atoms with Crippen LogP contribution >= 0.6 is 0 Å². The Balaban J connectivity index is 4.28. The van der Waals surface area contributed by atoms with E-state index in [4.69, 9.17) is 6.42 Å². The molecule has 0 aliphatic rings. The third-order valence-corrected chi connectivity index (χ3v) is 4.21. The van der Waals surface area contributed by atoms with Gasteiger partial charge in [0.1, 0.15) is 0 Å². The van der Waals surface area contributed by atoms with Gasteiger partial charge < -0.3 is 0 Å². The van der Waals surface area contributed by atoms with Crippen LogP contribution in [0.1, 0.15) is 32.6 Å². The van der Waals surface area contributed by atoms with Gasteiger partial charge in [0.2, 0.25) is 0 Å². The Morgan fingerprint density at radius 3 is 2.57 bits per heavy atom. The first-order chi connectivity index (χ1) is 6.58. The number of rotatable bonds is 7. The van der Waals surface area contributed by atoms with E-state index in [1.807, 2.05) is 6.92 Å². The van der Waals surface area contributed by atoms with Crippen molar-refractivity contribution in [1.29, 1.82) is 0 Å². The van der Waals surface area contributed by atoms with Crippen molar-refractivity contribution in [2.45, 2.75) is 37.9 Å². The van der Waals surface area contributed by atoms with E-state index in [1.165, 1.54) is 6.08 Å². The predicted molar refractivity (Wildman–Crippen MR) is 60.7 cm³/mol. The van der Waals surface area contributed by atoms with Crippen LogP contribution in [0.4, 0.5) is 0 Å². The monoisotopic (exact) mass is 214 g/mol. The van der Waals surface area contributed by atoms with Crippen molar-refractivity contribution >= 4 is 9.84 Å². The van der Waals surface area contributed by atoms with Crippen molar-refractivity contribution in [2.24, 2.45) is 0 Å². The first kappa shape index (κ1) is 13.2. The highest BCUT2D eigenvalue weighted by Crippen LogP contribution is 2.10. The molecule has 2 nitrogen and oxygen atoms in total. The number of sulfone groups is 1. The molecule has 0 amide bonds. The van der Waals surface area contributed by atoms with Gasteiger partial charge in [-0.25, -0.2) is 8.42 Å². The maximum Gasteiger partial charge on any atom is 0.157 e. The summed E-state index contributed by atoms with van der Waals surface area (Å²) in [5, 5.41) is -0.565. The molecular weight excluding hydrogens is 196 g/mol. The zero-order valence-corrected chi connectivity index (χ0v) is 9.52. The molecule has 0 bridgehead atoms. The smallest absolute Gasteiger partial charge is 0.157 e. The summed E-state index contributed by atoms with van der Waals surface area (Å²) >= 11 is 0. The summed E-state index contributed by atoms with van der Waals surface area (Å²) in [6, 6.07) is 0. The minimum absolute atomic E-state index is 0.221. The SMILES string of the molecule is C#CCC(C=C)S(=O)(=O)CCCCC. The van der Waals surface area contributed by atoms with Crippen molar-refractivity contribution in [3.05, 3.63) is 12.7 Å². The van der Waals surface area contributed by atoms with E-state index in [0.29, 0.717) is 6.42 Å². The van der Waals surface area contributed by atoms with Crippen LogP contribution in [0.15, 0.2) is 12.7 Å². The van der Waals surface area contributed by atoms with Crippen LogP contribution in [0.2, 0.25) is 0 Å². The summed E-state index contributed by atoms with van der Waals surface area (Å²) < 4.78 is 23.3. The second-order valence-corrected chi connectivity index (χ2v) is 5.60. The molecule has 0 radical (unpaired) electrons. The van der Waals surface area contributed by atoms with Gasteiger partial charge in [0.25, 0.3) is 0 Å². The lowest BCUT2D eigenvalue weighted by molar-refractivity contribution is 0.584. The third-order valence-electron chi connectivity index (χ3n) is 2.08. The zero-order chi connectivity index (χ0) is 11.0. The van der Waals surface area contributed by atoms with Gasteiger partial charge in [0.05, 0.1) is 11.0 Å². The van der Waals surface area contributed by atoms with Crippen LogP contribution in [0.25, 0.3) is 0 Å². The van der Waals surface area contributed by atoms with E-state index in [-0.39, 0.29) is 12.2 Å². The molecule has 0 aliphatic carbocycles. The molecule has 0 N–H and O–H groups in total. The van der Waals surface area contributed by atoms with E-state index in [1.54, 1.807) is 0 Å². The molecule has 3 heteroatoms. The zero-order valence-electron chi connectivity index (χ0n) is 8.70. The van der Waals surface area contributed by atoms with Crippen LogP contribution in [-0.4, -0.2) is 19.4 Å². The van der Waals surface area contributed by atoms with Crippen LogP contribution in [0.5, 0.6) is 0 Å². The van der Waals surface area contributed by atoms with Gasteiger partial charge in [-0.1, -0.05) is 25.8 Å². The van der Waals surface area contributed by atoms with Gasteiger partial charge in [-0.3, -0.25) is 0 Å². The molecule has 1 atom stereocenters. The maximum atomic E-state index is 11.7. The largest absolute Gasteiger partial charge is 0.228 e. The molecule has 0 fully saturated rings. The Morgan fingerprint density at radius 1 is 1.50 bits per heavy atom. The minimum Gasteiger partial charge on any atom is -0.228 e. The first-order valence-electron chi connectivity index (χ1n) is 4.86. The van der Waals surface area contributed by atoms with Gasteiger partial charge in [-0.05, 0) is 6.42 Å². The number of hydrogen-bond acceptors (Lipinski definition) is 2. The second-order valence-electron chi connectivity index (χ2n) is 3.26. The van der Waals surface area contributed by atoms with E-state index >= 15 is 0 Å². The minimum atomic E-state index is -3.07. The molecule has 0 aromatic heterocycles. The van der Waals surface area contributed by atoms with E-state index < -0.39 is 15.1 Å². The summed E-state index contributed by atoms with van der Waals surface area (Å²) in [4.78, 5) is 0. The fourth-order valence-corrected chi connectivity index (χ4v) is 2.73. The highest BCUT2D eigenvalue weighted by Gasteiger charge is 2.20. The van der Waals surface area contributed by atoms with E-state index in [9.17, 15) is 8.42 Å². The fourth-order valence-electron chi connectivity index (χ4n) is 1.18. The quantitative estimate of drug-likeness (QED) is 0.370. The van der Waals surface area contributed by atoms with Crippen molar-refractivity contribution in [1.82, 2.24) is 0 Å². The highest BCUT2D eigenvalue weighted by molar-refractivity contribution is 7.92. The molecule has 0 rings (SSSR count). The molecule has 0 aromatic carbocycles. The Bertz CT molecular complexity index is 296. The van der Waals surface area contributed by atoms with Crippen molar-refractivity contribution in [3.8, 4) is 12.3 Å². The van der Waals surface area contributed by atoms with Gasteiger partial charge in [-0.2, -0.15) is 0 Å². The Labute approximate surface area is 87.3 Å². The standard InChI is InChI=1S/C11H18O2S/c1-4-7-8-10-14(12,13)11(6-3)9-5-2/h2,6,11H,3-4,7-10H2,1H3. The molecule has 1 unspecified atom stereocenters. The Hall–Kier alpha value is -0.750. The first-order valence-corrected chi connectivity index (χ1v) is 6.57. The topological polar surface area (TPSA) is 34.1 Å². The summed E-state index contributed by atoms with van der Waals surface area (Å²) in [5.41, 5.74) is 0. The second kappa shape index (κ2) is 6.67. The highest BCUT2D eigenvalue weighted by atomic mass is 32.2. The molecular formula is C11H18O2S. The lowest BCUT2D eigenvalue weighted by atomic mass is 10.3. The fraction of sp³-hybridized carbons (Fsp3) is 0.636. The van der Waals surface area contributed by atoms with E-state index in [2.05, 4.69) is 12.5 Å². The van der Waals surface area contributed by atoms with Crippen molar-refractivity contribution in [3.63, 3.8) is 0 Å². The molecule has 0 saturated heterocycles. The van der Waals surface area contributed by atoms with Crippen molar-refractivity contribution in [2.75, 3.05) is 5.75 Å². The molecule has 0 saturated carbocycles. The van der Waals surface area contributed by atoms with Gasteiger partial charge in [0, 0.05) is 6.42 Å². The Morgan fingerprint density at radius 2 is 2.14 bits per heavy atom. The maximum absolute atomic E-state index is 11.7. The molecule has 14 heavy (non-hydrogen) atoms. The predicted octanol–water partition coefficient (Wildman–Crippen LogP) is 2.17. The van der Waals surface area contributed by atoms with Gasteiger partial charge in [0.15, 0.2) is 9.84 Å². The molecule has 0 spiro atoms. The van der Waals surface area contributed by atoms with Crippen LogP contribution in [0, 0.1) is 12.3 Å². The lowest BCUT2D eigenvalue weighted by Gasteiger charge is -2.10. The average Bonchev–Trinajstić information content (AvgIpc) is 2.14. The summed E-state index contributed by atoms with van der Waals surface area (Å²) in [7, 11) is -3.07. The number of hydrogen-bond donors (Lipinski definition) is 0. The number of unbranched alkanes of at least 4 members (excludes halogenated alkanes) is 2. The van der Waals surface area contributed by atoms with Crippen LogP contribution in [-0.2, 0) is 9.84 Å². The van der Waals surface area contributed by atoms with Gasteiger partial charge >= 0.3 is 0 Å². The molecule has 80 valence electrons. The number of terminal acetylenes is 1. The summed E-state index contributed by atoms with van der Waals surface area (Å²) in [5.74, 6) is 2.59. The summed E-state index contributed by atoms with van der Waals surface area (Å²) in [6.07, 6.45) is 9.44. The molecule has 0 aromatic rings. The van der Waals surface area contributed by atoms with Gasteiger partial charge in [-0.15, -0.1) is 18.9 Å². The average molecular weight is 214 g/mol. The summed E-state index contributed by atoms with van der Waals surface area (Å²) in [6.45, 7) is 5.54.